The van der Waals surface area contributed by atoms with E-state index < -0.39 is 16.7 Å². The zero-order valence-corrected chi connectivity index (χ0v) is 13.5. The molecule has 0 aliphatic carbocycles. The van der Waals surface area contributed by atoms with E-state index in [0.717, 1.165) is 0 Å². The number of nitro groups is 1. The molecule has 9 heteroatoms. The van der Waals surface area contributed by atoms with E-state index in [-0.39, 0.29) is 18.0 Å². The molecule has 1 aromatic carbocycles. The Hall–Kier alpha value is -2.68. The van der Waals surface area contributed by atoms with E-state index in [1.807, 2.05) is 0 Å². The molecule has 0 saturated heterocycles. The van der Waals surface area contributed by atoms with Crippen LogP contribution in [0.1, 0.15) is 16.1 Å². The number of anilines is 1. The summed E-state index contributed by atoms with van der Waals surface area (Å²) >= 11 is 3.07. The van der Waals surface area contributed by atoms with Crippen molar-refractivity contribution in [1.29, 1.82) is 0 Å². The number of carbonyl (C=O) groups excluding carboxylic acids is 2. The third-order valence-electron chi connectivity index (χ3n) is 2.98. The highest BCUT2D eigenvalue weighted by Gasteiger charge is 2.16. The molecule has 120 valence electrons. The van der Waals surface area contributed by atoms with Crippen LogP contribution in [0.4, 0.5) is 11.4 Å². The monoisotopic (exact) mass is 381 g/mol. The van der Waals surface area contributed by atoms with Crippen LogP contribution in [0.3, 0.4) is 0 Å². The van der Waals surface area contributed by atoms with Crippen molar-refractivity contribution >= 4 is 39.1 Å². The maximum atomic E-state index is 11.9. The van der Waals surface area contributed by atoms with Crippen molar-refractivity contribution in [3.8, 4) is 0 Å². The summed E-state index contributed by atoms with van der Waals surface area (Å²) in [6.45, 7) is 1.24. The summed E-state index contributed by atoms with van der Waals surface area (Å²) in [5.41, 5.74) is 0.568. The molecule has 0 atom stereocenters. The highest BCUT2D eigenvalue weighted by atomic mass is 79.9. The summed E-state index contributed by atoms with van der Waals surface area (Å²) in [5, 5.41) is 15.8. The van der Waals surface area contributed by atoms with Crippen molar-refractivity contribution in [1.82, 2.24) is 5.32 Å². The predicted molar refractivity (Wildman–Crippen MR) is 85.2 cm³/mol. The number of nitrogens with one attached hydrogen (secondary N) is 2. The lowest BCUT2D eigenvalue weighted by molar-refractivity contribution is -0.385. The number of carbonyl (C=O) groups is 2. The quantitative estimate of drug-likeness (QED) is 0.610. The lowest BCUT2D eigenvalue weighted by atomic mass is 10.1. The summed E-state index contributed by atoms with van der Waals surface area (Å²) in [6.07, 6.45) is 0. The highest BCUT2D eigenvalue weighted by Crippen LogP contribution is 2.24. The number of hydrogen-bond acceptors (Lipinski definition) is 5. The van der Waals surface area contributed by atoms with E-state index in [1.165, 1.54) is 25.1 Å². The molecule has 0 saturated carbocycles. The van der Waals surface area contributed by atoms with Gasteiger partial charge in [-0.2, -0.15) is 0 Å². The van der Waals surface area contributed by atoms with Crippen molar-refractivity contribution in [2.45, 2.75) is 6.92 Å². The van der Waals surface area contributed by atoms with Crippen molar-refractivity contribution < 1.29 is 18.9 Å². The summed E-state index contributed by atoms with van der Waals surface area (Å²) in [4.78, 5) is 33.9. The zero-order chi connectivity index (χ0) is 17.0. The predicted octanol–water partition coefficient (Wildman–Crippen LogP) is 2.63. The van der Waals surface area contributed by atoms with Crippen LogP contribution in [0.5, 0.6) is 0 Å². The van der Waals surface area contributed by atoms with Gasteiger partial charge < -0.3 is 15.1 Å². The van der Waals surface area contributed by atoms with Gasteiger partial charge in [0.25, 0.3) is 11.6 Å². The minimum Gasteiger partial charge on any atom is -0.444 e. The van der Waals surface area contributed by atoms with E-state index in [4.69, 9.17) is 4.42 Å². The minimum atomic E-state index is -0.540. The number of amides is 2. The average molecular weight is 382 g/mol. The molecule has 1 aromatic heterocycles. The van der Waals surface area contributed by atoms with E-state index in [9.17, 15) is 19.7 Å². The van der Waals surface area contributed by atoms with Gasteiger partial charge in [0, 0.05) is 6.07 Å². The fraction of sp³-hybridized carbons (Fsp3) is 0.143. The molecule has 2 N–H and O–H groups in total. The van der Waals surface area contributed by atoms with Gasteiger partial charge in [-0.3, -0.25) is 19.7 Å². The van der Waals surface area contributed by atoms with Crippen LogP contribution in [-0.4, -0.2) is 23.3 Å². The Morgan fingerprint density at radius 3 is 2.65 bits per heavy atom. The zero-order valence-electron chi connectivity index (χ0n) is 12.0. The fourth-order valence-corrected chi connectivity index (χ4v) is 2.14. The Kier molecular flexibility index (Phi) is 5.12. The van der Waals surface area contributed by atoms with E-state index in [2.05, 4.69) is 26.6 Å². The van der Waals surface area contributed by atoms with E-state index >= 15 is 0 Å². The second-order valence-electron chi connectivity index (χ2n) is 4.54. The normalized spacial score (nSPS) is 10.2. The Morgan fingerprint density at radius 2 is 2.04 bits per heavy atom. The molecule has 0 bridgehead atoms. The number of furan rings is 1. The molecule has 2 amide bonds. The summed E-state index contributed by atoms with van der Waals surface area (Å²) in [6, 6.07) is 7.39. The number of nitrogens with zero attached hydrogens (tertiary/aromatic N) is 1. The van der Waals surface area contributed by atoms with Gasteiger partial charge in [0.2, 0.25) is 5.91 Å². The van der Waals surface area contributed by atoms with Crippen molar-refractivity contribution in [2.75, 3.05) is 11.9 Å². The van der Waals surface area contributed by atoms with Crippen LogP contribution in [0.15, 0.2) is 39.4 Å². The topological polar surface area (TPSA) is 114 Å². The largest absolute Gasteiger partial charge is 0.444 e. The first-order chi connectivity index (χ1) is 10.9. The summed E-state index contributed by atoms with van der Waals surface area (Å²) in [5.74, 6) is -0.981. The summed E-state index contributed by atoms with van der Waals surface area (Å²) < 4.78 is 5.46. The molecular formula is C14H12BrN3O5. The second kappa shape index (κ2) is 7.05. The minimum absolute atomic E-state index is 0.0659. The van der Waals surface area contributed by atoms with Gasteiger partial charge in [0.15, 0.2) is 10.4 Å². The highest BCUT2D eigenvalue weighted by molar-refractivity contribution is 9.10. The molecule has 2 rings (SSSR count). The first kappa shape index (κ1) is 16.7. The number of rotatable bonds is 5. The van der Waals surface area contributed by atoms with Crippen molar-refractivity contribution in [3.05, 3.63) is 56.4 Å². The molecule has 0 aliphatic heterocycles. The molecule has 0 unspecified atom stereocenters. The average Bonchev–Trinajstić information content (AvgIpc) is 2.93. The third-order valence-corrected chi connectivity index (χ3v) is 3.41. The van der Waals surface area contributed by atoms with Crippen molar-refractivity contribution in [3.63, 3.8) is 0 Å². The van der Waals surface area contributed by atoms with Crippen LogP contribution in [0.25, 0.3) is 0 Å². The fourth-order valence-electron chi connectivity index (χ4n) is 1.84. The molecule has 8 nitrogen and oxygen atoms in total. The molecular weight excluding hydrogens is 370 g/mol. The smallest absolute Gasteiger partial charge is 0.287 e. The van der Waals surface area contributed by atoms with Crippen LogP contribution < -0.4 is 10.6 Å². The Balaban J connectivity index is 1.96. The van der Waals surface area contributed by atoms with Crippen molar-refractivity contribution in [2.24, 2.45) is 0 Å². The second-order valence-corrected chi connectivity index (χ2v) is 5.32. The lowest BCUT2D eigenvalue weighted by Crippen LogP contribution is -2.32. The SMILES string of the molecule is Cc1c(NC(=O)CNC(=O)c2ccc(Br)o2)cccc1[N+](=O)[O-]. The Morgan fingerprint density at radius 1 is 1.30 bits per heavy atom. The van der Waals surface area contributed by atoms with Gasteiger partial charge in [-0.1, -0.05) is 6.07 Å². The molecule has 23 heavy (non-hydrogen) atoms. The Bertz CT molecular complexity index is 772. The Labute approximate surface area is 139 Å². The van der Waals surface area contributed by atoms with Gasteiger partial charge >= 0.3 is 0 Å². The molecule has 0 radical (unpaired) electrons. The third kappa shape index (κ3) is 4.16. The standard InChI is InChI=1S/C14H12BrN3O5/c1-8-9(3-2-4-10(8)18(21)22)17-13(19)7-16-14(20)11-5-6-12(15)23-11/h2-6H,7H2,1H3,(H,16,20)(H,17,19). The number of hydrogen-bond donors (Lipinski definition) is 2. The number of nitro benzene ring substituents is 1. The van der Waals surface area contributed by atoms with E-state index in [0.29, 0.717) is 15.9 Å². The van der Waals surface area contributed by atoms with Gasteiger partial charge in [-0.25, -0.2) is 0 Å². The number of halogens is 1. The first-order valence-corrected chi connectivity index (χ1v) is 7.25. The number of benzene rings is 1. The van der Waals surface area contributed by atoms with Crippen LogP contribution in [0.2, 0.25) is 0 Å². The van der Waals surface area contributed by atoms with E-state index in [1.54, 1.807) is 12.1 Å². The molecule has 1 heterocycles. The van der Waals surface area contributed by atoms with Gasteiger partial charge in [0.05, 0.1) is 22.7 Å². The van der Waals surface area contributed by atoms with Crippen LogP contribution >= 0.6 is 15.9 Å². The van der Waals surface area contributed by atoms with Crippen LogP contribution in [0, 0.1) is 17.0 Å². The van der Waals surface area contributed by atoms with Gasteiger partial charge in [-0.15, -0.1) is 0 Å². The van der Waals surface area contributed by atoms with Crippen LogP contribution in [-0.2, 0) is 4.79 Å². The maximum absolute atomic E-state index is 11.9. The van der Waals surface area contributed by atoms with Gasteiger partial charge in [-0.05, 0) is 41.1 Å². The lowest BCUT2D eigenvalue weighted by Gasteiger charge is -2.09. The van der Waals surface area contributed by atoms with Gasteiger partial charge in [0.1, 0.15) is 0 Å². The molecule has 2 aromatic rings. The first-order valence-electron chi connectivity index (χ1n) is 6.46. The maximum Gasteiger partial charge on any atom is 0.287 e. The molecule has 0 fully saturated rings. The molecule has 0 spiro atoms. The molecule has 0 aliphatic rings. The summed E-state index contributed by atoms with van der Waals surface area (Å²) in [7, 11) is 0.